The van der Waals surface area contributed by atoms with Crippen LogP contribution in [0.1, 0.15) is 33.1 Å². The number of urea groups is 1. The normalized spacial score (nSPS) is 21.7. The number of amides is 2. The molecule has 0 saturated carbocycles. The third-order valence-electron chi connectivity index (χ3n) is 3.23. The zero-order chi connectivity index (χ0) is 13.4. The van der Waals surface area contributed by atoms with Crippen molar-refractivity contribution in [3.05, 3.63) is 0 Å². The molecular weight excluding hydrogens is 232 g/mol. The molecule has 1 heterocycles. The smallest absolute Gasteiger partial charge is 0.318 e. The van der Waals surface area contributed by atoms with Crippen molar-refractivity contribution in [1.82, 2.24) is 10.2 Å². The molecule has 106 valence electrons. The van der Waals surface area contributed by atoms with E-state index in [1.54, 1.807) is 7.11 Å². The molecule has 0 aliphatic carbocycles. The first-order valence-corrected chi connectivity index (χ1v) is 6.82. The van der Waals surface area contributed by atoms with Crippen LogP contribution in [0.15, 0.2) is 0 Å². The van der Waals surface area contributed by atoms with Crippen LogP contribution in [0.5, 0.6) is 0 Å². The van der Waals surface area contributed by atoms with Crippen molar-refractivity contribution in [3.63, 3.8) is 0 Å². The van der Waals surface area contributed by atoms with Crippen molar-refractivity contribution in [3.8, 4) is 0 Å². The molecule has 1 aliphatic heterocycles. The van der Waals surface area contributed by atoms with Gasteiger partial charge in [-0.25, -0.2) is 4.79 Å². The Morgan fingerprint density at radius 1 is 1.61 bits per heavy atom. The molecule has 2 amide bonds. The third kappa shape index (κ3) is 4.82. The molecule has 0 spiro atoms. The molecule has 0 aromatic carbocycles. The second-order valence-electron chi connectivity index (χ2n) is 4.86. The lowest BCUT2D eigenvalue weighted by molar-refractivity contribution is 0.0175. The highest BCUT2D eigenvalue weighted by Crippen LogP contribution is 2.08. The van der Waals surface area contributed by atoms with E-state index in [4.69, 9.17) is 9.47 Å². The molecule has 1 rings (SSSR count). The molecule has 0 aromatic heterocycles. The zero-order valence-electron chi connectivity index (χ0n) is 11.8. The summed E-state index contributed by atoms with van der Waals surface area (Å²) in [5.41, 5.74) is 0. The summed E-state index contributed by atoms with van der Waals surface area (Å²) in [6, 6.07) is 0.259. The lowest BCUT2D eigenvalue weighted by Crippen LogP contribution is -2.54. The number of methoxy groups -OCH3 is 1. The number of carbonyl (C=O) groups is 1. The van der Waals surface area contributed by atoms with Gasteiger partial charge in [0, 0.05) is 13.7 Å². The van der Waals surface area contributed by atoms with Gasteiger partial charge in [-0.1, -0.05) is 19.8 Å². The van der Waals surface area contributed by atoms with Crippen molar-refractivity contribution < 1.29 is 14.3 Å². The van der Waals surface area contributed by atoms with E-state index in [0.717, 1.165) is 19.3 Å². The number of nitrogens with one attached hydrogen (secondary N) is 1. The molecule has 1 saturated heterocycles. The van der Waals surface area contributed by atoms with Crippen molar-refractivity contribution >= 4 is 6.03 Å². The summed E-state index contributed by atoms with van der Waals surface area (Å²) in [4.78, 5) is 14.0. The number of rotatable bonds is 6. The first-order chi connectivity index (χ1) is 8.69. The molecule has 1 fully saturated rings. The molecule has 5 nitrogen and oxygen atoms in total. The Labute approximate surface area is 110 Å². The first-order valence-electron chi connectivity index (χ1n) is 6.82. The number of unbranched alkanes of at least 4 members (excludes halogenated alkanes) is 1. The van der Waals surface area contributed by atoms with Crippen molar-refractivity contribution in [2.75, 3.05) is 33.5 Å². The largest absolute Gasteiger partial charge is 0.383 e. The Balaban J connectivity index is 2.43. The molecule has 0 unspecified atom stereocenters. The summed E-state index contributed by atoms with van der Waals surface area (Å²) in [6.07, 6.45) is 3.20. The quantitative estimate of drug-likeness (QED) is 0.787. The van der Waals surface area contributed by atoms with Crippen molar-refractivity contribution in [2.24, 2.45) is 0 Å². The second-order valence-corrected chi connectivity index (χ2v) is 4.86. The van der Waals surface area contributed by atoms with Gasteiger partial charge < -0.3 is 19.7 Å². The van der Waals surface area contributed by atoms with Gasteiger partial charge in [0.1, 0.15) is 0 Å². The van der Waals surface area contributed by atoms with Gasteiger partial charge in [-0.3, -0.25) is 0 Å². The fourth-order valence-corrected chi connectivity index (χ4v) is 2.14. The maximum atomic E-state index is 12.2. The number of hydrogen-bond acceptors (Lipinski definition) is 3. The van der Waals surface area contributed by atoms with E-state index < -0.39 is 0 Å². The van der Waals surface area contributed by atoms with Gasteiger partial charge in [-0.2, -0.15) is 0 Å². The minimum Gasteiger partial charge on any atom is -0.383 e. The Hall–Kier alpha value is -0.810. The highest BCUT2D eigenvalue weighted by Gasteiger charge is 2.25. The van der Waals surface area contributed by atoms with Crippen LogP contribution in [0, 0.1) is 0 Å². The number of nitrogens with zero attached hydrogens (tertiary/aromatic N) is 1. The average molecular weight is 258 g/mol. The van der Waals surface area contributed by atoms with E-state index in [1.165, 1.54) is 0 Å². The van der Waals surface area contributed by atoms with Crippen molar-refractivity contribution in [1.29, 1.82) is 0 Å². The number of morpholine rings is 1. The van der Waals surface area contributed by atoms with Crippen LogP contribution in [-0.2, 0) is 9.47 Å². The molecule has 0 bridgehead atoms. The van der Waals surface area contributed by atoms with E-state index in [9.17, 15) is 4.79 Å². The highest BCUT2D eigenvalue weighted by molar-refractivity contribution is 5.75. The van der Waals surface area contributed by atoms with Gasteiger partial charge in [0.15, 0.2) is 0 Å². The fraction of sp³-hybridized carbons (Fsp3) is 0.923. The van der Waals surface area contributed by atoms with Crippen LogP contribution < -0.4 is 5.32 Å². The van der Waals surface area contributed by atoms with Gasteiger partial charge in [0.25, 0.3) is 0 Å². The number of ether oxygens (including phenoxy) is 2. The third-order valence-corrected chi connectivity index (χ3v) is 3.23. The maximum Gasteiger partial charge on any atom is 0.318 e. The highest BCUT2D eigenvalue weighted by atomic mass is 16.5. The van der Waals surface area contributed by atoms with Crippen LogP contribution in [0.3, 0.4) is 0 Å². The SMILES string of the molecule is CCCC[C@H](COC)NC(=O)N1CCOC[C@H]1C. The minimum atomic E-state index is 0.00366. The van der Waals surface area contributed by atoms with E-state index in [0.29, 0.717) is 26.4 Å². The molecule has 18 heavy (non-hydrogen) atoms. The molecule has 1 aliphatic rings. The Morgan fingerprint density at radius 3 is 3.00 bits per heavy atom. The van der Waals surface area contributed by atoms with Gasteiger partial charge in [-0.15, -0.1) is 0 Å². The van der Waals surface area contributed by atoms with Gasteiger partial charge >= 0.3 is 6.03 Å². The summed E-state index contributed by atoms with van der Waals surface area (Å²) in [7, 11) is 1.67. The summed E-state index contributed by atoms with van der Waals surface area (Å²) < 4.78 is 10.5. The van der Waals surface area contributed by atoms with E-state index in [2.05, 4.69) is 12.2 Å². The van der Waals surface area contributed by atoms with Gasteiger partial charge in [0.05, 0.1) is 31.9 Å². The number of carbonyl (C=O) groups excluding carboxylic acids is 1. The van der Waals surface area contributed by atoms with Crippen LogP contribution in [0.4, 0.5) is 4.79 Å². The average Bonchev–Trinajstić information content (AvgIpc) is 2.36. The Bertz CT molecular complexity index is 248. The monoisotopic (exact) mass is 258 g/mol. The van der Waals surface area contributed by atoms with Crippen LogP contribution in [0.25, 0.3) is 0 Å². The zero-order valence-corrected chi connectivity index (χ0v) is 11.8. The molecule has 0 aromatic rings. The lowest BCUT2D eigenvalue weighted by atomic mass is 10.1. The van der Waals surface area contributed by atoms with Crippen LogP contribution in [0.2, 0.25) is 0 Å². The topological polar surface area (TPSA) is 50.8 Å². The molecule has 5 heteroatoms. The predicted octanol–water partition coefficient (Wildman–Crippen LogP) is 1.62. The van der Waals surface area contributed by atoms with E-state index in [-0.39, 0.29) is 18.1 Å². The summed E-state index contributed by atoms with van der Waals surface area (Å²) >= 11 is 0. The Kier molecular flexibility index (Phi) is 7.05. The van der Waals surface area contributed by atoms with Crippen molar-refractivity contribution in [2.45, 2.75) is 45.2 Å². The van der Waals surface area contributed by atoms with E-state index in [1.807, 2.05) is 11.8 Å². The van der Waals surface area contributed by atoms with Gasteiger partial charge in [-0.05, 0) is 13.3 Å². The van der Waals surface area contributed by atoms with E-state index >= 15 is 0 Å². The molecule has 1 N–H and O–H groups in total. The molecular formula is C13H26N2O3. The first kappa shape index (κ1) is 15.2. The maximum absolute atomic E-state index is 12.2. The molecule has 2 atom stereocenters. The standard InChI is InChI=1S/C13H26N2O3/c1-4-5-6-12(10-17-3)14-13(16)15-7-8-18-9-11(15)2/h11-12H,4-10H2,1-3H3,(H,14,16)/t11-,12-/m1/s1. The lowest BCUT2D eigenvalue weighted by Gasteiger charge is -2.34. The van der Waals surface area contributed by atoms with Gasteiger partial charge in [0.2, 0.25) is 0 Å². The minimum absolute atomic E-state index is 0.00366. The van der Waals surface area contributed by atoms with Crippen LogP contribution >= 0.6 is 0 Å². The summed E-state index contributed by atoms with van der Waals surface area (Å²) in [6.45, 7) is 6.65. The summed E-state index contributed by atoms with van der Waals surface area (Å²) in [5.74, 6) is 0. The van der Waals surface area contributed by atoms with Crippen LogP contribution in [-0.4, -0.2) is 56.5 Å². The Morgan fingerprint density at radius 2 is 2.39 bits per heavy atom. The second kappa shape index (κ2) is 8.32. The predicted molar refractivity (Wildman–Crippen MR) is 70.7 cm³/mol. The molecule has 0 radical (unpaired) electrons. The number of hydrogen-bond donors (Lipinski definition) is 1. The summed E-state index contributed by atoms with van der Waals surface area (Å²) in [5, 5.41) is 3.06. The fourth-order valence-electron chi connectivity index (χ4n) is 2.14.